The smallest absolute Gasteiger partial charge is 0.232 e. The fraction of sp³-hybridized carbons (Fsp3) is 0.0870. The molecule has 0 saturated heterocycles. The molecule has 0 saturated carbocycles. The molecule has 2 aromatic carbocycles. The number of hydrogen-bond donors (Lipinski definition) is 0. The van der Waals surface area contributed by atoms with Crippen molar-refractivity contribution in [1.29, 1.82) is 5.26 Å². The molecule has 2 heterocycles. The standard InChI is InChI=1S/C23H18N4O/c1-26(19-9-7-17(14-24)8-10-19)23(28)13-22-21(18-5-3-2-4-6-18)12-11-20-15-25-16-27(20)22/h2-12,15-16H,13H2,1H3. The molecule has 4 aromatic rings. The zero-order chi connectivity index (χ0) is 19.5. The molecule has 0 atom stereocenters. The number of imidazole rings is 1. The van der Waals surface area contributed by atoms with Gasteiger partial charge in [0.1, 0.15) is 0 Å². The van der Waals surface area contributed by atoms with E-state index in [1.807, 2.05) is 46.9 Å². The second-order valence-electron chi connectivity index (χ2n) is 6.54. The number of benzene rings is 2. The Balaban J connectivity index is 1.71. The lowest BCUT2D eigenvalue weighted by molar-refractivity contribution is -0.117. The van der Waals surface area contributed by atoms with Gasteiger partial charge in [-0.1, -0.05) is 36.4 Å². The van der Waals surface area contributed by atoms with E-state index in [9.17, 15) is 4.79 Å². The van der Waals surface area contributed by atoms with E-state index in [0.29, 0.717) is 5.56 Å². The first-order valence-corrected chi connectivity index (χ1v) is 8.93. The molecule has 0 spiro atoms. The molecule has 2 aromatic heterocycles. The van der Waals surface area contributed by atoms with Crippen molar-refractivity contribution in [1.82, 2.24) is 9.38 Å². The Morgan fingerprint density at radius 1 is 1.07 bits per heavy atom. The van der Waals surface area contributed by atoms with Gasteiger partial charge >= 0.3 is 0 Å². The minimum absolute atomic E-state index is 0.0388. The number of carbonyl (C=O) groups excluding carboxylic acids is 1. The van der Waals surface area contributed by atoms with Crippen molar-refractivity contribution in [2.24, 2.45) is 0 Å². The first kappa shape index (κ1) is 17.5. The van der Waals surface area contributed by atoms with Crippen LogP contribution in [0.5, 0.6) is 0 Å². The first-order chi connectivity index (χ1) is 13.7. The Labute approximate surface area is 163 Å². The second kappa shape index (κ2) is 7.37. The van der Waals surface area contributed by atoms with Crippen molar-refractivity contribution in [2.75, 3.05) is 11.9 Å². The van der Waals surface area contributed by atoms with E-state index >= 15 is 0 Å². The van der Waals surface area contributed by atoms with Gasteiger partial charge in [0.25, 0.3) is 0 Å². The van der Waals surface area contributed by atoms with Gasteiger partial charge in [-0.2, -0.15) is 5.26 Å². The Bertz CT molecular complexity index is 1170. The molecule has 0 aliphatic rings. The van der Waals surface area contributed by atoms with E-state index in [-0.39, 0.29) is 12.3 Å². The molecule has 0 aliphatic carbocycles. The van der Waals surface area contributed by atoms with Crippen LogP contribution in [0.15, 0.2) is 79.3 Å². The summed E-state index contributed by atoms with van der Waals surface area (Å²) in [6.07, 6.45) is 3.76. The maximum Gasteiger partial charge on any atom is 0.232 e. The highest BCUT2D eigenvalue weighted by Crippen LogP contribution is 2.26. The average Bonchev–Trinajstić information content (AvgIpc) is 3.23. The molecule has 0 aliphatic heterocycles. The Morgan fingerprint density at radius 3 is 2.54 bits per heavy atom. The Hall–Kier alpha value is -3.91. The van der Waals surface area contributed by atoms with Gasteiger partial charge in [-0.05, 0) is 35.9 Å². The zero-order valence-electron chi connectivity index (χ0n) is 15.4. The largest absolute Gasteiger partial charge is 0.315 e. The zero-order valence-corrected chi connectivity index (χ0v) is 15.4. The normalized spacial score (nSPS) is 10.6. The fourth-order valence-corrected chi connectivity index (χ4v) is 3.28. The molecular weight excluding hydrogens is 348 g/mol. The Morgan fingerprint density at radius 2 is 1.82 bits per heavy atom. The minimum atomic E-state index is -0.0388. The number of fused-ring (bicyclic) bond motifs is 1. The number of anilines is 1. The minimum Gasteiger partial charge on any atom is -0.315 e. The quantitative estimate of drug-likeness (QED) is 0.547. The van der Waals surface area contributed by atoms with E-state index in [4.69, 9.17) is 5.26 Å². The van der Waals surface area contributed by atoms with Gasteiger partial charge in [0, 0.05) is 24.0 Å². The van der Waals surface area contributed by atoms with Crippen molar-refractivity contribution in [3.8, 4) is 17.2 Å². The fourth-order valence-electron chi connectivity index (χ4n) is 3.28. The van der Waals surface area contributed by atoms with Crippen molar-refractivity contribution in [3.05, 3.63) is 90.5 Å². The van der Waals surface area contributed by atoms with Crippen LogP contribution in [0.3, 0.4) is 0 Å². The molecule has 0 unspecified atom stereocenters. The molecule has 136 valence electrons. The second-order valence-corrected chi connectivity index (χ2v) is 6.54. The summed E-state index contributed by atoms with van der Waals surface area (Å²) in [5.41, 5.74) is 5.23. The highest BCUT2D eigenvalue weighted by Gasteiger charge is 2.17. The molecule has 0 fully saturated rings. The van der Waals surface area contributed by atoms with E-state index in [1.54, 1.807) is 48.7 Å². The van der Waals surface area contributed by atoms with Crippen molar-refractivity contribution in [3.63, 3.8) is 0 Å². The van der Waals surface area contributed by atoms with Gasteiger partial charge in [0.05, 0.1) is 36.1 Å². The lowest BCUT2D eigenvalue weighted by atomic mass is 10.0. The highest BCUT2D eigenvalue weighted by atomic mass is 16.2. The molecule has 5 nitrogen and oxygen atoms in total. The summed E-state index contributed by atoms with van der Waals surface area (Å²) in [5.74, 6) is -0.0388. The van der Waals surface area contributed by atoms with Crippen molar-refractivity contribution < 1.29 is 4.79 Å². The van der Waals surface area contributed by atoms with Crippen LogP contribution in [0.1, 0.15) is 11.3 Å². The summed E-state index contributed by atoms with van der Waals surface area (Å²) in [6, 6.07) is 23.2. The molecule has 28 heavy (non-hydrogen) atoms. The third kappa shape index (κ3) is 3.24. The number of pyridine rings is 1. The van der Waals surface area contributed by atoms with Crippen molar-refractivity contribution >= 4 is 17.1 Å². The van der Waals surface area contributed by atoms with Crippen LogP contribution in [-0.4, -0.2) is 22.3 Å². The van der Waals surface area contributed by atoms with Crippen LogP contribution in [-0.2, 0) is 11.2 Å². The monoisotopic (exact) mass is 366 g/mol. The number of hydrogen-bond acceptors (Lipinski definition) is 3. The molecular formula is C23H18N4O. The number of amides is 1. The highest BCUT2D eigenvalue weighted by molar-refractivity contribution is 5.95. The molecule has 4 rings (SSSR count). The van der Waals surface area contributed by atoms with Crippen LogP contribution in [0.4, 0.5) is 5.69 Å². The lowest BCUT2D eigenvalue weighted by Crippen LogP contribution is -2.28. The molecule has 1 amide bonds. The number of rotatable bonds is 4. The summed E-state index contributed by atoms with van der Waals surface area (Å²) < 4.78 is 1.97. The molecule has 0 radical (unpaired) electrons. The third-order valence-electron chi connectivity index (χ3n) is 4.85. The number of nitrogens with zero attached hydrogens (tertiary/aromatic N) is 4. The molecule has 5 heteroatoms. The number of likely N-dealkylation sites (N-methyl/N-ethyl adjacent to an activating group) is 1. The predicted octanol–water partition coefficient (Wildman–Crippen LogP) is 4.08. The van der Waals surface area contributed by atoms with Gasteiger partial charge in [-0.3, -0.25) is 4.79 Å². The summed E-state index contributed by atoms with van der Waals surface area (Å²) >= 11 is 0. The van der Waals surface area contributed by atoms with Gasteiger partial charge < -0.3 is 9.30 Å². The summed E-state index contributed by atoms with van der Waals surface area (Å²) in [7, 11) is 1.75. The Kier molecular flexibility index (Phi) is 4.61. The van der Waals surface area contributed by atoms with E-state index in [0.717, 1.165) is 28.0 Å². The van der Waals surface area contributed by atoms with Crippen LogP contribution < -0.4 is 4.90 Å². The third-order valence-corrected chi connectivity index (χ3v) is 4.85. The molecule has 0 N–H and O–H groups in total. The maximum atomic E-state index is 13.0. The van der Waals surface area contributed by atoms with Gasteiger partial charge in [-0.15, -0.1) is 0 Å². The van der Waals surface area contributed by atoms with Crippen LogP contribution >= 0.6 is 0 Å². The summed E-state index contributed by atoms with van der Waals surface area (Å²) in [4.78, 5) is 18.9. The average molecular weight is 366 g/mol. The predicted molar refractivity (Wildman–Crippen MR) is 109 cm³/mol. The molecule has 0 bridgehead atoms. The number of nitriles is 1. The number of carbonyl (C=O) groups is 1. The van der Waals surface area contributed by atoms with E-state index in [1.165, 1.54) is 0 Å². The summed E-state index contributed by atoms with van der Waals surface area (Å²) in [6.45, 7) is 0. The van der Waals surface area contributed by atoms with Crippen LogP contribution in [0, 0.1) is 11.3 Å². The van der Waals surface area contributed by atoms with E-state index < -0.39 is 0 Å². The topological polar surface area (TPSA) is 61.4 Å². The maximum absolute atomic E-state index is 13.0. The van der Waals surface area contributed by atoms with E-state index in [2.05, 4.69) is 11.1 Å². The van der Waals surface area contributed by atoms with Gasteiger partial charge in [0.15, 0.2) is 0 Å². The lowest BCUT2D eigenvalue weighted by Gasteiger charge is -2.19. The number of aromatic nitrogens is 2. The van der Waals surface area contributed by atoms with Gasteiger partial charge in [0.2, 0.25) is 5.91 Å². The summed E-state index contributed by atoms with van der Waals surface area (Å²) in [5, 5.41) is 8.95. The SMILES string of the molecule is CN(C(=O)Cc1c(-c2ccccc2)ccc2cncn12)c1ccc(C#N)cc1. The van der Waals surface area contributed by atoms with Gasteiger partial charge in [-0.25, -0.2) is 4.98 Å². The van der Waals surface area contributed by atoms with Crippen LogP contribution in [0.25, 0.3) is 16.6 Å². The van der Waals surface area contributed by atoms with Crippen LogP contribution in [0.2, 0.25) is 0 Å². The first-order valence-electron chi connectivity index (χ1n) is 8.93. The van der Waals surface area contributed by atoms with Crippen molar-refractivity contribution in [2.45, 2.75) is 6.42 Å².